The Labute approximate surface area is 87.4 Å². The Morgan fingerprint density at radius 2 is 2.00 bits per heavy atom. The minimum atomic E-state index is -1.00. The van der Waals surface area contributed by atoms with Gasteiger partial charge < -0.3 is 14.9 Å². The first kappa shape index (κ1) is 11.3. The minimum absolute atomic E-state index is 0.00271. The maximum absolute atomic E-state index is 10.2. The second kappa shape index (κ2) is 5.82. The lowest BCUT2D eigenvalue weighted by Gasteiger charge is -2.02. The van der Waals surface area contributed by atoms with Crippen LogP contribution in [0.3, 0.4) is 0 Å². The van der Waals surface area contributed by atoms with Crippen LogP contribution in [0.5, 0.6) is 5.75 Å². The lowest BCUT2D eigenvalue weighted by molar-refractivity contribution is -0.139. The predicted molar refractivity (Wildman–Crippen MR) is 55.7 cm³/mol. The summed E-state index contributed by atoms with van der Waals surface area (Å²) in [6, 6.07) is 6.92. The standard InChI is InChI=1S/C11H12O4/c12-7-1-2-9-3-5-10(6-4-9)15-8-11(13)14/h1-6,12H,7-8H2,(H,13,14)/b2-1+. The first-order valence-electron chi connectivity index (χ1n) is 4.44. The molecule has 4 heteroatoms. The second-order valence-corrected chi connectivity index (χ2v) is 2.84. The van der Waals surface area contributed by atoms with E-state index in [1.54, 1.807) is 36.4 Å². The van der Waals surface area contributed by atoms with Crippen LogP contribution in [0.4, 0.5) is 0 Å². The van der Waals surface area contributed by atoms with Crippen LogP contribution < -0.4 is 4.74 Å². The van der Waals surface area contributed by atoms with E-state index >= 15 is 0 Å². The van der Waals surface area contributed by atoms with Crippen molar-refractivity contribution in [2.24, 2.45) is 0 Å². The quantitative estimate of drug-likeness (QED) is 0.761. The molecule has 0 spiro atoms. The van der Waals surface area contributed by atoms with Gasteiger partial charge >= 0.3 is 5.97 Å². The lowest BCUT2D eigenvalue weighted by atomic mass is 10.2. The van der Waals surface area contributed by atoms with Gasteiger partial charge in [-0.15, -0.1) is 0 Å². The molecule has 0 fully saturated rings. The molecule has 0 saturated carbocycles. The molecule has 0 aliphatic carbocycles. The van der Waals surface area contributed by atoms with Crippen LogP contribution in [0.2, 0.25) is 0 Å². The highest BCUT2D eigenvalue weighted by molar-refractivity contribution is 5.68. The molecule has 0 radical (unpaired) electrons. The summed E-state index contributed by atoms with van der Waals surface area (Å²) in [6.07, 6.45) is 3.38. The fourth-order valence-corrected chi connectivity index (χ4v) is 1.01. The van der Waals surface area contributed by atoms with Crippen molar-refractivity contribution in [2.75, 3.05) is 13.2 Å². The Kier molecular flexibility index (Phi) is 4.37. The molecule has 0 heterocycles. The molecule has 2 N–H and O–H groups in total. The van der Waals surface area contributed by atoms with Crippen molar-refractivity contribution in [3.05, 3.63) is 35.9 Å². The molecule has 80 valence electrons. The Morgan fingerprint density at radius 3 is 2.53 bits per heavy atom. The van der Waals surface area contributed by atoms with Crippen LogP contribution in [-0.4, -0.2) is 29.4 Å². The summed E-state index contributed by atoms with van der Waals surface area (Å²) in [6.45, 7) is -0.344. The molecule has 15 heavy (non-hydrogen) atoms. The highest BCUT2D eigenvalue weighted by Crippen LogP contribution is 2.12. The average Bonchev–Trinajstić information content (AvgIpc) is 2.25. The van der Waals surface area contributed by atoms with Crippen molar-refractivity contribution in [1.82, 2.24) is 0 Å². The number of ether oxygens (including phenoxy) is 1. The zero-order valence-corrected chi connectivity index (χ0v) is 8.09. The molecule has 0 amide bonds. The monoisotopic (exact) mass is 208 g/mol. The van der Waals surface area contributed by atoms with Gasteiger partial charge in [-0.1, -0.05) is 24.3 Å². The van der Waals surface area contributed by atoms with Gasteiger partial charge in [0.2, 0.25) is 0 Å². The van der Waals surface area contributed by atoms with Gasteiger partial charge in [-0.05, 0) is 17.7 Å². The first-order chi connectivity index (χ1) is 7.22. The number of carbonyl (C=O) groups is 1. The fourth-order valence-electron chi connectivity index (χ4n) is 1.01. The van der Waals surface area contributed by atoms with Gasteiger partial charge in [0.15, 0.2) is 6.61 Å². The Bertz CT molecular complexity index is 340. The maximum Gasteiger partial charge on any atom is 0.341 e. The van der Waals surface area contributed by atoms with Crippen molar-refractivity contribution >= 4 is 12.0 Å². The minimum Gasteiger partial charge on any atom is -0.482 e. The highest BCUT2D eigenvalue weighted by atomic mass is 16.5. The molecule has 0 aliphatic rings. The van der Waals surface area contributed by atoms with Crippen molar-refractivity contribution in [3.63, 3.8) is 0 Å². The number of hydrogen-bond donors (Lipinski definition) is 2. The van der Waals surface area contributed by atoms with Crippen molar-refractivity contribution in [3.8, 4) is 5.75 Å². The smallest absolute Gasteiger partial charge is 0.341 e. The molecule has 4 nitrogen and oxygen atoms in total. The highest BCUT2D eigenvalue weighted by Gasteiger charge is 1.98. The number of carboxylic acids is 1. The Hall–Kier alpha value is -1.81. The van der Waals surface area contributed by atoms with Gasteiger partial charge in [-0.25, -0.2) is 4.79 Å². The van der Waals surface area contributed by atoms with Crippen LogP contribution in [0.15, 0.2) is 30.3 Å². The van der Waals surface area contributed by atoms with Crippen LogP contribution in [-0.2, 0) is 4.79 Å². The first-order valence-corrected chi connectivity index (χ1v) is 4.44. The topological polar surface area (TPSA) is 66.8 Å². The largest absolute Gasteiger partial charge is 0.482 e. The zero-order valence-electron chi connectivity index (χ0n) is 8.09. The van der Waals surface area contributed by atoms with Crippen LogP contribution >= 0.6 is 0 Å². The Balaban J connectivity index is 2.56. The summed E-state index contributed by atoms with van der Waals surface area (Å²) < 4.78 is 4.95. The van der Waals surface area contributed by atoms with Crippen LogP contribution in [0.1, 0.15) is 5.56 Å². The third kappa shape index (κ3) is 4.28. The van der Waals surface area contributed by atoms with Gasteiger partial charge in [0.1, 0.15) is 5.75 Å². The number of aliphatic hydroxyl groups is 1. The summed E-state index contributed by atoms with van der Waals surface area (Å²) in [4.78, 5) is 10.2. The normalized spacial score (nSPS) is 10.5. The molecular weight excluding hydrogens is 196 g/mol. The van der Waals surface area contributed by atoms with E-state index in [-0.39, 0.29) is 13.2 Å². The number of benzene rings is 1. The van der Waals surface area contributed by atoms with Crippen molar-refractivity contribution < 1.29 is 19.7 Å². The summed E-state index contributed by atoms with van der Waals surface area (Å²) in [7, 11) is 0. The molecular formula is C11H12O4. The average molecular weight is 208 g/mol. The third-order valence-electron chi connectivity index (χ3n) is 1.66. The maximum atomic E-state index is 10.2. The number of aliphatic carboxylic acids is 1. The predicted octanol–water partition coefficient (Wildman–Crippen LogP) is 1.16. The molecule has 0 unspecified atom stereocenters. The number of hydrogen-bond acceptors (Lipinski definition) is 3. The number of rotatable bonds is 5. The van der Waals surface area contributed by atoms with E-state index in [0.717, 1.165) is 5.56 Å². The van der Waals surface area contributed by atoms with Crippen molar-refractivity contribution in [2.45, 2.75) is 0 Å². The lowest BCUT2D eigenvalue weighted by Crippen LogP contribution is -2.09. The summed E-state index contributed by atoms with van der Waals surface area (Å²) >= 11 is 0. The SMILES string of the molecule is O=C(O)COc1ccc(/C=C/CO)cc1. The molecule has 1 aromatic rings. The zero-order chi connectivity index (χ0) is 11.1. The van der Waals surface area contributed by atoms with E-state index in [1.807, 2.05) is 0 Å². The van der Waals surface area contributed by atoms with Crippen LogP contribution in [0.25, 0.3) is 6.08 Å². The van der Waals surface area contributed by atoms with E-state index in [1.165, 1.54) is 0 Å². The molecule has 0 atom stereocenters. The van der Waals surface area contributed by atoms with E-state index in [9.17, 15) is 4.79 Å². The molecule has 0 saturated heterocycles. The summed E-state index contributed by atoms with van der Waals surface area (Å²) in [5.41, 5.74) is 0.923. The second-order valence-electron chi connectivity index (χ2n) is 2.84. The molecule has 0 aliphatic heterocycles. The van der Waals surface area contributed by atoms with Crippen molar-refractivity contribution in [1.29, 1.82) is 0 Å². The van der Waals surface area contributed by atoms with E-state index in [2.05, 4.69) is 0 Å². The van der Waals surface area contributed by atoms with Gasteiger partial charge in [0.25, 0.3) is 0 Å². The molecule has 1 aromatic carbocycles. The Morgan fingerprint density at radius 1 is 1.33 bits per heavy atom. The van der Waals surface area contributed by atoms with Crippen LogP contribution in [0, 0.1) is 0 Å². The van der Waals surface area contributed by atoms with Gasteiger partial charge in [0, 0.05) is 0 Å². The molecule has 0 bridgehead atoms. The van der Waals surface area contributed by atoms with E-state index in [4.69, 9.17) is 14.9 Å². The summed E-state index contributed by atoms with van der Waals surface area (Å²) in [5.74, 6) is -0.488. The molecule has 0 aromatic heterocycles. The number of aliphatic hydroxyl groups excluding tert-OH is 1. The summed E-state index contributed by atoms with van der Waals surface area (Å²) in [5, 5.41) is 16.9. The number of carboxylic acid groups (broad SMARTS) is 1. The fraction of sp³-hybridized carbons (Fsp3) is 0.182. The van der Waals surface area contributed by atoms with Gasteiger partial charge in [0.05, 0.1) is 6.61 Å². The molecule has 1 rings (SSSR count). The van der Waals surface area contributed by atoms with E-state index < -0.39 is 5.97 Å². The van der Waals surface area contributed by atoms with Gasteiger partial charge in [-0.2, -0.15) is 0 Å². The van der Waals surface area contributed by atoms with Gasteiger partial charge in [-0.3, -0.25) is 0 Å². The van der Waals surface area contributed by atoms with E-state index in [0.29, 0.717) is 5.75 Å². The third-order valence-corrected chi connectivity index (χ3v) is 1.66.